The Balaban J connectivity index is 1.71. The van der Waals surface area contributed by atoms with Gasteiger partial charge in [-0.15, -0.1) is 0 Å². The van der Waals surface area contributed by atoms with Crippen LogP contribution in [0.3, 0.4) is 0 Å². The minimum atomic E-state index is -0.219. The number of hydrogen-bond donors (Lipinski definition) is 2. The molecule has 25 heavy (non-hydrogen) atoms. The van der Waals surface area contributed by atoms with Crippen molar-refractivity contribution in [2.75, 3.05) is 17.7 Å². The maximum Gasteiger partial charge on any atom is 0.262 e. The molecule has 1 aromatic heterocycles. The molecule has 0 saturated carbocycles. The van der Waals surface area contributed by atoms with Gasteiger partial charge < -0.3 is 15.8 Å². The summed E-state index contributed by atoms with van der Waals surface area (Å²) in [7, 11) is 0. The van der Waals surface area contributed by atoms with E-state index in [-0.39, 0.29) is 12.5 Å². The molecule has 0 radical (unpaired) electrons. The predicted octanol–water partition coefficient (Wildman–Crippen LogP) is 4.58. The van der Waals surface area contributed by atoms with Gasteiger partial charge in [-0.2, -0.15) is 0 Å². The molecule has 0 spiro atoms. The summed E-state index contributed by atoms with van der Waals surface area (Å²) < 4.78 is 7.48. The van der Waals surface area contributed by atoms with Crippen LogP contribution in [0.4, 0.5) is 10.8 Å². The Labute approximate surface area is 158 Å². The van der Waals surface area contributed by atoms with Crippen molar-refractivity contribution in [3.8, 4) is 5.75 Å². The summed E-state index contributed by atoms with van der Waals surface area (Å²) in [6.45, 7) is 5.85. The number of rotatable bonds is 4. The lowest BCUT2D eigenvalue weighted by molar-refractivity contribution is -0.118. The molecule has 3 rings (SSSR count). The first-order valence-corrected chi connectivity index (χ1v) is 9.30. The second kappa shape index (κ2) is 7.01. The molecular weight excluding hydrogens is 402 g/mol. The number of aryl methyl sites for hydroxylation is 3. The molecule has 0 bridgehead atoms. The van der Waals surface area contributed by atoms with Crippen LogP contribution in [0.5, 0.6) is 5.75 Å². The third-order valence-corrected chi connectivity index (χ3v) is 5.13. The van der Waals surface area contributed by atoms with E-state index < -0.39 is 0 Å². The highest BCUT2D eigenvalue weighted by Crippen LogP contribution is 2.31. The Morgan fingerprint density at radius 2 is 2.00 bits per heavy atom. The number of ether oxygens (including phenoxy) is 1. The van der Waals surface area contributed by atoms with Crippen LogP contribution in [-0.2, 0) is 4.79 Å². The van der Waals surface area contributed by atoms with Crippen LogP contribution < -0.4 is 15.8 Å². The van der Waals surface area contributed by atoms with E-state index >= 15 is 0 Å². The van der Waals surface area contributed by atoms with Crippen LogP contribution in [0.1, 0.15) is 16.7 Å². The Morgan fingerprint density at radius 1 is 1.24 bits per heavy atom. The lowest BCUT2D eigenvalue weighted by Gasteiger charge is -2.12. The van der Waals surface area contributed by atoms with Gasteiger partial charge in [0.05, 0.1) is 14.7 Å². The van der Waals surface area contributed by atoms with Crippen LogP contribution in [0.25, 0.3) is 10.2 Å². The van der Waals surface area contributed by atoms with Crippen molar-refractivity contribution in [3.05, 3.63) is 45.4 Å². The highest BCUT2D eigenvalue weighted by Gasteiger charge is 2.11. The van der Waals surface area contributed by atoms with Crippen LogP contribution in [0.2, 0.25) is 0 Å². The fourth-order valence-corrected chi connectivity index (χ4v) is 4.35. The molecule has 0 unspecified atom stereocenters. The van der Waals surface area contributed by atoms with Crippen molar-refractivity contribution in [2.45, 2.75) is 20.8 Å². The second-order valence-corrected chi connectivity index (χ2v) is 7.84. The number of benzene rings is 2. The van der Waals surface area contributed by atoms with Crippen LogP contribution >= 0.6 is 27.3 Å². The lowest BCUT2D eigenvalue weighted by atomic mass is 10.1. The number of anilines is 2. The summed E-state index contributed by atoms with van der Waals surface area (Å²) in [5.41, 5.74) is 10.4. The average Bonchev–Trinajstić information content (AvgIpc) is 2.87. The molecule has 7 heteroatoms. The fraction of sp³-hybridized carbons (Fsp3) is 0.222. The van der Waals surface area contributed by atoms with E-state index in [0.717, 1.165) is 31.4 Å². The van der Waals surface area contributed by atoms with Crippen LogP contribution in [-0.4, -0.2) is 17.5 Å². The minimum Gasteiger partial charge on any atom is -0.482 e. The zero-order valence-corrected chi connectivity index (χ0v) is 16.5. The van der Waals surface area contributed by atoms with Crippen LogP contribution in [0, 0.1) is 20.8 Å². The summed E-state index contributed by atoms with van der Waals surface area (Å²) >= 11 is 4.88. The summed E-state index contributed by atoms with van der Waals surface area (Å²) in [5, 5.41) is 3.38. The Morgan fingerprint density at radius 3 is 2.72 bits per heavy atom. The highest BCUT2D eigenvalue weighted by molar-refractivity contribution is 9.10. The van der Waals surface area contributed by atoms with Gasteiger partial charge in [-0.25, -0.2) is 4.98 Å². The number of amides is 1. The van der Waals surface area contributed by atoms with E-state index in [1.54, 1.807) is 0 Å². The van der Waals surface area contributed by atoms with E-state index in [9.17, 15) is 4.79 Å². The number of nitrogen functional groups attached to an aromatic ring is 1. The van der Waals surface area contributed by atoms with Crippen molar-refractivity contribution < 1.29 is 9.53 Å². The molecule has 0 aliphatic carbocycles. The van der Waals surface area contributed by atoms with E-state index in [1.807, 2.05) is 45.0 Å². The monoisotopic (exact) mass is 419 g/mol. The highest BCUT2D eigenvalue weighted by atomic mass is 79.9. The zero-order chi connectivity index (χ0) is 18.1. The third-order valence-electron chi connectivity index (χ3n) is 3.71. The third kappa shape index (κ3) is 3.93. The van der Waals surface area contributed by atoms with Gasteiger partial charge in [0.1, 0.15) is 5.75 Å². The van der Waals surface area contributed by atoms with E-state index in [0.29, 0.717) is 16.6 Å². The van der Waals surface area contributed by atoms with Gasteiger partial charge in [-0.1, -0.05) is 17.4 Å². The predicted molar refractivity (Wildman–Crippen MR) is 107 cm³/mol. The largest absolute Gasteiger partial charge is 0.482 e. The number of carbonyl (C=O) groups is 1. The number of nitrogens with two attached hydrogens (primary N) is 1. The molecule has 130 valence electrons. The summed E-state index contributed by atoms with van der Waals surface area (Å²) in [6, 6.07) is 7.74. The number of nitrogens with one attached hydrogen (secondary N) is 1. The average molecular weight is 420 g/mol. The first kappa shape index (κ1) is 17.7. The molecule has 5 nitrogen and oxygen atoms in total. The number of hydrogen-bond acceptors (Lipinski definition) is 5. The summed E-state index contributed by atoms with van der Waals surface area (Å²) in [4.78, 5) is 16.5. The number of carbonyl (C=O) groups excluding carboxylic acids is 1. The second-order valence-electron chi connectivity index (χ2n) is 5.92. The van der Waals surface area contributed by atoms with Crippen LogP contribution in [0.15, 0.2) is 28.7 Å². The van der Waals surface area contributed by atoms with E-state index in [4.69, 9.17) is 10.5 Å². The Kier molecular flexibility index (Phi) is 4.96. The first-order valence-electron chi connectivity index (χ1n) is 7.69. The Hall–Kier alpha value is -2.12. The quantitative estimate of drug-likeness (QED) is 0.648. The normalized spacial score (nSPS) is 10.9. The molecule has 0 saturated heterocycles. The van der Waals surface area contributed by atoms with Crippen molar-refractivity contribution in [1.29, 1.82) is 0 Å². The number of fused-ring (bicyclic) bond motifs is 1. The molecule has 2 aromatic carbocycles. The number of halogens is 1. The standard InChI is InChI=1S/C18H18BrN3O2S/c1-9-4-11(3)17(13(19)5-9)24-8-15(23)21-12-6-10(2)16-14(7-12)25-18(20)22-16/h4-7H,8H2,1-3H3,(H2,20,22)(H,21,23). The molecule has 0 aliphatic rings. The van der Waals surface area contributed by atoms with Crippen molar-refractivity contribution in [3.63, 3.8) is 0 Å². The molecule has 1 amide bonds. The summed E-state index contributed by atoms with van der Waals surface area (Å²) in [5.74, 6) is 0.464. The van der Waals surface area contributed by atoms with E-state index in [2.05, 4.69) is 26.2 Å². The SMILES string of the molecule is Cc1cc(C)c(OCC(=O)Nc2cc(C)c3nc(N)sc3c2)c(Br)c1. The number of nitrogens with zero attached hydrogens (tertiary/aromatic N) is 1. The van der Waals surface area contributed by atoms with Crippen molar-refractivity contribution >= 4 is 54.2 Å². The van der Waals surface area contributed by atoms with Gasteiger partial charge in [0, 0.05) is 5.69 Å². The maximum atomic E-state index is 12.2. The zero-order valence-electron chi connectivity index (χ0n) is 14.1. The lowest BCUT2D eigenvalue weighted by Crippen LogP contribution is -2.20. The van der Waals surface area contributed by atoms with Gasteiger partial charge in [0.25, 0.3) is 5.91 Å². The molecule has 1 heterocycles. The number of thiazole rings is 1. The number of aromatic nitrogens is 1. The molecule has 0 aliphatic heterocycles. The summed E-state index contributed by atoms with van der Waals surface area (Å²) in [6.07, 6.45) is 0. The van der Waals surface area contributed by atoms with Gasteiger partial charge in [-0.05, 0) is 71.6 Å². The van der Waals surface area contributed by atoms with Gasteiger partial charge in [0.2, 0.25) is 0 Å². The topological polar surface area (TPSA) is 77.2 Å². The van der Waals surface area contributed by atoms with Crippen molar-refractivity contribution in [1.82, 2.24) is 4.98 Å². The first-order chi connectivity index (χ1) is 11.8. The Bertz CT molecular complexity index is 945. The minimum absolute atomic E-state index is 0.0651. The van der Waals surface area contributed by atoms with E-state index in [1.165, 1.54) is 11.3 Å². The molecule has 3 aromatic rings. The van der Waals surface area contributed by atoms with Gasteiger partial charge in [-0.3, -0.25) is 4.79 Å². The molecule has 0 atom stereocenters. The van der Waals surface area contributed by atoms with Gasteiger partial charge in [0.15, 0.2) is 11.7 Å². The maximum absolute atomic E-state index is 12.2. The smallest absolute Gasteiger partial charge is 0.262 e. The van der Waals surface area contributed by atoms with Gasteiger partial charge >= 0.3 is 0 Å². The molecule has 0 fully saturated rings. The molecule has 3 N–H and O–H groups in total. The van der Waals surface area contributed by atoms with Crippen molar-refractivity contribution in [2.24, 2.45) is 0 Å². The fourth-order valence-electron chi connectivity index (χ4n) is 2.71. The molecular formula is C18H18BrN3O2S.